The molecule has 0 spiro atoms. The summed E-state index contributed by atoms with van der Waals surface area (Å²) in [6.07, 6.45) is 1.63. The summed E-state index contributed by atoms with van der Waals surface area (Å²) >= 11 is 1.33. The number of carbonyl (C=O) groups is 1. The van der Waals surface area contributed by atoms with Gasteiger partial charge in [-0.2, -0.15) is 0 Å². The molecule has 0 N–H and O–H groups in total. The van der Waals surface area contributed by atoms with Crippen molar-refractivity contribution in [1.29, 1.82) is 0 Å². The molecule has 2 aromatic carbocycles. The highest BCUT2D eigenvalue weighted by Crippen LogP contribution is 2.44. The molecule has 0 radical (unpaired) electrons. The molecule has 0 saturated heterocycles. The Morgan fingerprint density at radius 1 is 1.11 bits per heavy atom. The molecule has 0 fully saturated rings. The third kappa shape index (κ3) is 2.30. The number of methoxy groups -OCH3 is 1. The van der Waals surface area contributed by atoms with Crippen molar-refractivity contribution in [2.24, 2.45) is 0 Å². The third-order valence-corrected chi connectivity index (χ3v) is 5.61. The summed E-state index contributed by atoms with van der Waals surface area (Å²) in [5.74, 6) is 0.251. The molecule has 7 heteroatoms. The Kier molecular flexibility index (Phi) is 3.77. The van der Waals surface area contributed by atoms with E-state index in [0.717, 1.165) is 0 Å². The molecule has 3 heterocycles. The predicted molar refractivity (Wildman–Crippen MR) is 106 cm³/mol. The summed E-state index contributed by atoms with van der Waals surface area (Å²) in [6, 6.07) is 13.6. The highest BCUT2D eigenvalue weighted by molar-refractivity contribution is 7.13. The molecular formula is C21H14N2O4S. The fraction of sp³-hybridized carbons (Fsp3) is 0.0952. The van der Waals surface area contributed by atoms with Crippen molar-refractivity contribution in [1.82, 2.24) is 4.98 Å². The number of para-hydroxylation sites is 2. The summed E-state index contributed by atoms with van der Waals surface area (Å²) in [5, 5.41) is 2.72. The number of carbonyl (C=O) groups excluding carboxylic acids is 1. The first kappa shape index (κ1) is 16.7. The molecule has 0 bridgehead atoms. The van der Waals surface area contributed by atoms with Crippen molar-refractivity contribution in [3.63, 3.8) is 0 Å². The number of ether oxygens (including phenoxy) is 1. The van der Waals surface area contributed by atoms with E-state index in [1.54, 1.807) is 49.0 Å². The fourth-order valence-corrected chi connectivity index (χ4v) is 4.31. The summed E-state index contributed by atoms with van der Waals surface area (Å²) in [4.78, 5) is 32.5. The number of hydrogen-bond donors (Lipinski definition) is 0. The Hall–Kier alpha value is -3.45. The van der Waals surface area contributed by atoms with Crippen molar-refractivity contribution in [3.8, 4) is 5.75 Å². The van der Waals surface area contributed by atoms with Crippen LogP contribution in [0.25, 0.3) is 11.0 Å². The number of benzene rings is 2. The van der Waals surface area contributed by atoms with Gasteiger partial charge in [0.05, 0.1) is 18.1 Å². The largest absolute Gasteiger partial charge is 0.496 e. The Morgan fingerprint density at radius 2 is 1.89 bits per heavy atom. The van der Waals surface area contributed by atoms with Crippen LogP contribution in [-0.2, 0) is 0 Å². The molecule has 0 aliphatic carbocycles. The van der Waals surface area contributed by atoms with Crippen molar-refractivity contribution in [2.45, 2.75) is 6.04 Å². The van der Waals surface area contributed by atoms with Crippen molar-refractivity contribution in [3.05, 3.63) is 87.2 Å². The first-order valence-corrected chi connectivity index (χ1v) is 9.50. The zero-order chi connectivity index (χ0) is 19.3. The standard InChI is InChI=1S/C21H14N2O4S/c1-26-14-8-4-2-6-12(14)17-16-18(24)13-7-3-5-9-15(13)27-19(16)20(25)23(17)21-22-10-11-28-21/h2-11,17H,1H3/t17-/m1/s1. The molecular weight excluding hydrogens is 376 g/mol. The quantitative estimate of drug-likeness (QED) is 0.529. The maximum atomic E-state index is 13.4. The minimum absolute atomic E-state index is 0.0507. The summed E-state index contributed by atoms with van der Waals surface area (Å²) < 4.78 is 11.4. The average Bonchev–Trinajstić information content (AvgIpc) is 3.35. The lowest BCUT2D eigenvalue weighted by molar-refractivity contribution is 0.0971. The van der Waals surface area contributed by atoms with Crippen LogP contribution < -0.4 is 15.1 Å². The minimum Gasteiger partial charge on any atom is -0.496 e. The van der Waals surface area contributed by atoms with E-state index in [9.17, 15) is 9.59 Å². The molecule has 1 amide bonds. The number of nitrogens with zero attached hydrogens (tertiary/aromatic N) is 2. The smallest absolute Gasteiger partial charge is 0.297 e. The van der Waals surface area contributed by atoms with Crippen LogP contribution in [0.4, 0.5) is 5.13 Å². The van der Waals surface area contributed by atoms with Gasteiger partial charge in [-0.25, -0.2) is 4.98 Å². The van der Waals surface area contributed by atoms with Gasteiger partial charge in [0, 0.05) is 17.1 Å². The second kappa shape index (κ2) is 6.31. The van der Waals surface area contributed by atoms with Crippen LogP contribution in [0.1, 0.15) is 27.7 Å². The van der Waals surface area contributed by atoms with Crippen LogP contribution in [-0.4, -0.2) is 18.0 Å². The lowest BCUT2D eigenvalue weighted by Crippen LogP contribution is -2.29. The van der Waals surface area contributed by atoms with E-state index < -0.39 is 6.04 Å². The first-order valence-electron chi connectivity index (χ1n) is 8.62. The molecule has 4 aromatic rings. The van der Waals surface area contributed by atoms with Crippen LogP contribution in [0.15, 0.2) is 69.3 Å². The van der Waals surface area contributed by atoms with E-state index in [-0.39, 0.29) is 17.1 Å². The first-order chi connectivity index (χ1) is 13.7. The number of aromatic nitrogens is 1. The molecule has 2 aromatic heterocycles. The minimum atomic E-state index is -0.675. The van der Waals surface area contributed by atoms with Gasteiger partial charge in [0.2, 0.25) is 5.76 Å². The van der Waals surface area contributed by atoms with Crippen molar-refractivity contribution in [2.75, 3.05) is 12.0 Å². The monoisotopic (exact) mass is 390 g/mol. The lowest BCUT2D eigenvalue weighted by atomic mass is 9.98. The number of fused-ring (bicyclic) bond motifs is 2. The number of amides is 1. The maximum Gasteiger partial charge on any atom is 0.297 e. The fourth-order valence-electron chi connectivity index (χ4n) is 3.64. The number of anilines is 1. The predicted octanol–water partition coefficient (Wildman–Crippen LogP) is 4.01. The van der Waals surface area contributed by atoms with Crippen molar-refractivity contribution < 1.29 is 13.9 Å². The molecule has 1 aliphatic heterocycles. The Balaban J connectivity index is 1.86. The highest BCUT2D eigenvalue weighted by Gasteiger charge is 2.45. The van der Waals surface area contributed by atoms with Crippen molar-refractivity contribution >= 4 is 33.3 Å². The van der Waals surface area contributed by atoms with Gasteiger partial charge in [-0.05, 0) is 18.2 Å². The zero-order valence-corrected chi connectivity index (χ0v) is 15.6. The lowest BCUT2D eigenvalue weighted by Gasteiger charge is -2.24. The molecule has 28 heavy (non-hydrogen) atoms. The topological polar surface area (TPSA) is 72.6 Å². The third-order valence-electron chi connectivity index (χ3n) is 4.84. The van der Waals surface area contributed by atoms with Gasteiger partial charge in [-0.15, -0.1) is 11.3 Å². The molecule has 1 atom stereocenters. The van der Waals surface area contributed by atoms with E-state index in [4.69, 9.17) is 9.15 Å². The molecule has 6 nitrogen and oxygen atoms in total. The number of hydrogen-bond acceptors (Lipinski definition) is 6. The van der Waals surface area contributed by atoms with Gasteiger partial charge in [-0.1, -0.05) is 30.3 Å². The highest BCUT2D eigenvalue weighted by atomic mass is 32.1. The van der Waals surface area contributed by atoms with Crippen LogP contribution in [0.5, 0.6) is 5.75 Å². The molecule has 1 aliphatic rings. The van der Waals surface area contributed by atoms with Gasteiger partial charge >= 0.3 is 0 Å². The van der Waals surface area contributed by atoms with Crippen LogP contribution in [0.2, 0.25) is 0 Å². The van der Waals surface area contributed by atoms with E-state index in [1.807, 2.05) is 18.2 Å². The van der Waals surface area contributed by atoms with Gasteiger partial charge in [0.15, 0.2) is 10.6 Å². The number of thiazole rings is 1. The Bertz CT molecular complexity index is 1260. The summed E-state index contributed by atoms with van der Waals surface area (Å²) in [5.41, 5.74) is 1.18. The van der Waals surface area contributed by atoms with Gasteiger partial charge in [0.1, 0.15) is 17.4 Å². The van der Waals surface area contributed by atoms with E-state index in [2.05, 4.69) is 4.98 Å². The zero-order valence-electron chi connectivity index (χ0n) is 14.8. The van der Waals surface area contributed by atoms with Crippen LogP contribution in [0, 0.1) is 0 Å². The molecule has 138 valence electrons. The maximum absolute atomic E-state index is 13.4. The van der Waals surface area contributed by atoms with E-state index >= 15 is 0 Å². The Morgan fingerprint density at radius 3 is 2.68 bits per heavy atom. The number of rotatable bonds is 3. The van der Waals surface area contributed by atoms with Crippen LogP contribution >= 0.6 is 11.3 Å². The van der Waals surface area contributed by atoms with Gasteiger partial charge in [-0.3, -0.25) is 14.5 Å². The second-order valence-electron chi connectivity index (χ2n) is 6.30. The molecule has 0 unspecified atom stereocenters. The second-order valence-corrected chi connectivity index (χ2v) is 7.18. The van der Waals surface area contributed by atoms with E-state index in [1.165, 1.54) is 16.2 Å². The normalized spacial score (nSPS) is 15.8. The van der Waals surface area contributed by atoms with Gasteiger partial charge < -0.3 is 9.15 Å². The summed E-state index contributed by atoms with van der Waals surface area (Å²) in [6.45, 7) is 0. The molecule has 5 rings (SSSR count). The van der Waals surface area contributed by atoms with Crippen LogP contribution in [0.3, 0.4) is 0 Å². The Labute approximate surface area is 163 Å². The molecule has 0 saturated carbocycles. The average molecular weight is 390 g/mol. The summed E-state index contributed by atoms with van der Waals surface area (Å²) in [7, 11) is 1.56. The van der Waals surface area contributed by atoms with Gasteiger partial charge in [0.25, 0.3) is 5.91 Å². The SMILES string of the molecule is COc1ccccc1[C@@H]1c2c(oc3ccccc3c2=O)C(=O)N1c1nccs1. The van der Waals surface area contributed by atoms with E-state index in [0.29, 0.717) is 33.0 Å².